The van der Waals surface area contributed by atoms with Crippen LogP contribution in [0.15, 0.2) is 24.3 Å². The van der Waals surface area contributed by atoms with E-state index in [0.717, 1.165) is 12.8 Å². The monoisotopic (exact) mass is 362 g/mol. The molecule has 0 radical (unpaired) electrons. The largest absolute Gasteiger partial charge is 0.573 e. The number of carbonyl (C=O) groups is 1. The maximum absolute atomic E-state index is 12.1. The van der Waals surface area contributed by atoms with Crippen LogP contribution in [0.3, 0.4) is 0 Å². The van der Waals surface area contributed by atoms with Crippen molar-refractivity contribution in [3.63, 3.8) is 0 Å². The zero-order valence-corrected chi connectivity index (χ0v) is 14.0. The number of hydrogen-bond acceptors (Lipinski definition) is 5. The molecule has 1 aromatic carbocycles. The fraction of sp³-hybridized carbons (Fsp3) is 0.588. The van der Waals surface area contributed by atoms with Crippen molar-refractivity contribution in [1.82, 2.24) is 0 Å². The van der Waals surface area contributed by atoms with Gasteiger partial charge in [-0.15, -0.1) is 13.2 Å². The van der Waals surface area contributed by atoms with Gasteiger partial charge in [-0.25, -0.2) is 4.79 Å². The van der Waals surface area contributed by atoms with Crippen molar-refractivity contribution < 1.29 is 36.9 Å². The lowest BCUT2D eigenvalue weighted by Crippen LogP contribution is -2.28. The minimum Gasteiger partial charge on any atom is -0.456 e. The Labute approximate surface area is 144 Å². The molecule has 0 bridgehead atoms. The molecule has 1 heterocycles. The third kappa shape index (κ3) is 6.55. The molecule has 3 atom stereocenters. The Morgan fingerprint density at radius 2 is 1.96 bits per heavy atom. The summed E-state index contributed by atoms with van der Waals surface area (Å²) >= 11 is 0. The third-order valence-electron chi connectivity index (χ3n) is 3.76. The standard InChI is InChI=1S/C17H21F3O5/c1-11(13-5-7-14(8-6-13)25-17(18,19)20)24-16(21)12(2)23-10-15-4-3-9-22-15/h5-8,11-12,15H,3-4,9-10H2,1-2H3. The van der Waals surface area contributed by atoms with Crippen molar-refractivity contribution in [2.45, 2.75) is 51.4 Å². The number of esters is 1. The van der Waals surface area contributed by atoms with Gasteiger partial charge in [-0.2, -0.15) is 0 Å². The van der Waals surface area contributed by atoms with Gasteiger partial charge in [0.25, 0.3) is 0 Å². The molecule has 2 rings (SSSR count). The van der Waals surface area contributed by atoms with Gasteiger partial charge >= 0.3 is 12.3 Å². The van der Waals surface area contributed by atoms with E-state index >= 15 is 0 Å². The van der Waals surface area contributed by atoms with E-state index < -0.39 is 24.5 Å². The third-order valence-corrected chi connectivity index (χ3v) is 3.76. The molecule has 0 spiro atoms. The van der Waals surface area contributed by atoms with Crippen LogP contribution >= 0.6 is 0 Å². The van der Waals surface area contributed by atoms with Crippen LogP contribution in [0.5, 0.6) is 5.75 Å². The highest BCUT2D eigenvalue weighted by Crippen LogP contribution is 2.25. The molecule has 1 fully saturated rings. The molecule has 140 valence electrons. The summed E-state index contributed by atoms with van der Waals surface area (Å²) in [4.78, 5) is 12.0. The van der Waals surface area contributed by atoms with Crippen LogP contribution in [0.25, 0.3) is 0 Å². The van der Waals surface area contributed by atoms with Gasteiger partial charge in [0.1, 0.15) is 11.9 Å². The minimum absolute atomic E-state index is 0.00819. The molecule has 0 aromatic heterocycles. The van der Waals surface area contributed by atoms with E-state index in [1.54, 1.807) is 13.8 Å². The average molecular weight is 362 g/mol. The Kier molecular flexibility index (Phi) is 6.66. The number of ether oxygens (including phenoxy) is 4. The fourth-order valence-electron chi connectivity index (χ4n) is 2.37. The maximum Gasteiger partial charge on any atom is 0.573 e. The summed E-state index contributed by atoms with van der Waals surface area (Å²) in [7, 11) is 0. The Morgan fingerprint density at radius 1 is 1.28 bits per heavy atom. The topological polar surface area (TPSA) is 54.0 Å². The lowest BCUT2D eigenvalue weighted by Gasteiger charge is -2.19. The van der Waals surface area contributed by atoms with Crippen molar-refractivity contribution >= 4 is 5.97 Å². The lowest BCUT2D eigenvalue weighted by molar-refractivity contribution is -0.274. The summed E-state index contributed by atoms with van der Waals surface area (Å²) in [5.74, 6) is -0.871. The Balaban J connectivity index is 1.81. The second-order valence-electron chi connectivity index (χ2n) is 5.81. The van der Waals surface area contributed by atoms with Crippen LogP contribution < -0.4 is 4.74 Å². The summed E-state index contributed by atoms with van der Waals surface area (Å²) < 4.78 is 56.3. The van der Waals surface area contributed by atoms with Crippen molar-refractivity contribution in [2.24, 2.45) is 0 Å². The van der Waals surface area contributed by atoms with Crippen molar-refractivity contribution in [3.05, 3.63) is 29.8 Å². The molecule has 3 unspecified atom stereocenters. The van der Waals surface area contributed by atoms with Gasteiger partial charge < -0.3 is 18.9 Å². The lowest BCUT2D eigenvalue weighted by atomic mass is 10.1. The second kappa shape index (κ2) is 8.53. The van der Waals surface area contributed by atoms with Gasteiger partial charge in [0, 0.05) is 6.61 Å². The summed E-state index contributed by atoms with van der Waals surface area (Å²) in [6.45, 7) is 4.25. The Hall–Kier alpha value is -1.80. The first kappa shape index (κ1) is 19.5. The average Bonchev–Trinajstić information content (AvgIpc) is 3.05. The van der Waals surface area contributed by atoms with Gasteiger partial charge in [0.15, 0.2) is 6.10 Å². The first-order chi connectivity index (χ1) is 11.7. The van der Waals surface area contributed by atoms with Gasteiger partial charge in [0.2, 0.25) is 0 Å². The molecular formula is C17H21F3O5. The Bertz CT molecular complexity index is 552. The molecule has 0 saturated carbocycles. The zero-order valence-electron chi connectivity index (χ0n) is 14.0. The number of halogens is 3. The highest BCUT2D eigenvalue weighted by molar-refractivity contribution is 5.74. The van der Waals surface area contributed by atoms with Crippen LogP contribution in [0.2, 0.25) is 0 Å². The van der Waals surface area contributed by atoms with E-state index in [0.29, 0.717) is 18.8 Å². The quantitative estimate of drug-likeness (QED) is 0.691. The van der Waals surface area contributed by atoms with Gasteiger partial charge in [-0.3, -0.25) is 0 Å². The molecule has 0 aliphatic carbocycles. The first-order valence-electron chi connectivity index (χ1n) is 8.04. The van der Waals surface area contributed by atoms with Crippen molar-refractivity contribution in [3.8, 4) is 5.75 Å². The van der Waals surface area contributed by atoms with E-state index in [1.165, 1.54) is 24.3 Å². The highest BCUT2D eigenvalue weighted by Gasteiger charge is 2.31. The molecule has 1 aliphatic rings. The molecule has 1 saturated heterocycles. The van der Waals surface area contributed by atoms with E-state index in [1.807, 2.05) is 0 Å². The van der Waals surface area contributed by atoms with Crippen LogP contribution in [0.4, 0.5) is 13.2 Å². The molecule has 1 aliphatic heterocycles. The van der Waals surface area contributed by atoms with Crippen molar-refractivity contribution in [2.75, 3.05) is 13.2 Å². The number of benzene rings is 1. The highest BCUT2D eigenvalue weighted by atomic mass is 19.4. The van der Waals surface area contributed by atoms with Crippen LogP contribution in [-0.2, 0) is 19.0 Å². The molecule has 5 nitrogen and oxygen atoms in total. The number of carbonyl (C=O) groups excluding carboxylic acids is 1. The number of rotatable bonds is 7. The van der Waals surface area contributed by atoms with Gasteiger partial charge in [0.05, 0.1) is 12.7 Å². The number of alkyl halides is 3. The van der Waals surface area contributed by atoms with Crippen LogP contribution in [-0.4, -0.2) is 37.8 Å². The predicted molar refractivity (Wildman–Crippen MR) is 82.0 cm³/mol. The maximum atomic E-state index is 12.1. The minimum atomic E-state index is -4.74. The Morgan fingerprint density at radius 3 is 2.52 bits per heavy atom. The van der Waals surface area contributed by atoms with Gasteiger partial charge in [-0.05, 0) is 44.4 Å². The predicted octanol–water partition coefficient (Wildman–Crippen LogP) is 3.77. The molecular weight excluding hydrogens is 341 g/mol. The zero-order chi connectivity index (χ0) is 18.4. The summed E-state index contributed by atoms with van der Waals surface area (Å²) in [6, 6.07) is 5.17. The van der Waals surface area contributed by atoms with E-state index in [4.69, 9.17) is 14.2 Å². The molecule has 1 aromatic rings. The molecule has 8 heteroatoms. The van der Waals surface area contributed by atoms with E-state index in [9.17, 15) is 18.0 Å². The van der Waals surface area contributed by atoms with E-state index in [2.05, 4.69) is 4.74 Å². The second-order valence-corrected chi connectivity index (χ2v) is 5.81. The fourth-order valence-corrected chi connectivity index (χ4v) is 2.37. The van der Waals surface area contributed by atoms with Crippen LogP contribution in [0.1, 0.15) is 38.4 Å². The summed E-state index contributed by atoms with van der Waals surface area (Å²) in [6.07, 6.45) is -4.22. The SMILES string of the molecule is CC(OCC1CCCO1)C(=O)OC(C)c1ccc(OC(F)(F)F)cc1. The van der Waals surface area contributed by atoms with E-state index in [-0.39, 0.29) is 11.9 Å². The molecule has 25 heavy (non-hydrogen) atoms. The normalized spacial score (nSPS) is 20.1. The number of hydrogen-bond donors (Lipinski definition) is 0. The summed E-state index contributed by atoms with van der Waals surface area (Å²) in [5, 5.41) is 0. The van der Waals surface area contributed by atoms with Crippen LogP contribution in [0, 0.1) is 0 Å². The molecule has 0 amide bonds. The van der Waals surface area contributed by atoms with Gasteiger partial charge in [-0.1, -0.05) is 12.1 Å². The molecule has 0 N–H and O–H groups in total. The summed E-state index contributed by atoms with van der Waals surface area (Å²) in [5.41, 5.74) is 0.550. The smallest absolute Gasteiger partial charge is 0.456 e. The first-order valence-corrected chi connectivity index (χ1v) is 8.04. The van der Waals surface area contributed by atoms with Crippen molar-refractivity contribution in [1.29, 1.82) is 0 Å².